The van der Waals surface area contributed by atoms with Gasteiger partial charge >= 0.3 is 0 Å². The van der Waals surface area contributed by atoms with E-state index in [4.69, 9.17) is 14.2 Å². The molecular weight excluding hydrogens is 346 g/mol. The highest BCUT2D eigenvalue weighted by Gasteiger charge is 2.34. The molecule has 1 aromatic carbocycles. The Balaban J connectivity index is 1.75. The summed E-state index contributed by atoms with van der Waals surface area (Å²) in [7, 11) is -0.672. The van der Waals surface area contributed by atoms with Crippen molar-refractivity contribution in [2.75, 3.05) is 27.3 Å². The minimum atomic E-state index is -3.64. The summed E-state index contributed by atoms with van der Waals surface area (Å²) in [4.78, 5) is 0.158. The standard InChI is InChI=1S/C16H19N3O5S/c1-22-14-6-5-13(10-15(14)23-2)25(20,21)19-9-7-12(11-19)24-16-4-3-8-17-18-16/h3-6,8,10,12H,7,9,11H2,1-2H3. The first kappa shape index (κ1) is 17.4. The van der Waals surface area contributed by atoms with Crippen molar-refractivity contribution >= 4 is 10.0 Å². The molecule has 134 valence electrons. The Hall–Kier alpha value is -2.39. The van der Waals surface area contributed by atoms with Crippen LogP contribution < -0.4 is 14.2 Å². The average Bonchev–Trinajstić information content (AvgIpc) is 3.11. The van der Waals surface area contributed by atoms with Crippen LogP contribution in [0.2, 0.25) is 0 Å². The van der Waals surface area contributed by atoms with Gasteiger partial charge < -0.3 is 14.2 Å². The molecule has 0 N–H and O–H groups in total. The molecule has 0 amide bonds. The van der Waals surface area contributed by atoms with Gasteiger partial charge in [0.25, 0.3) is 0 Å². The molecule has 0 spiro atoms. The maximum atomic E-state index is 12.8. The second-order valence-corrected chi connectivity index (χ2v) is 7.41. The fourth-order valence-electron chi connectivity index (χ4n) is 2.66. The lowest BCUT2D eigenvalue weighted by Crippen LogP contribution is -2.31. The molecule has 1 atom stereocenters. The van der Waals surface area contributed by atoms with Crippen molar-refractivity contribution in [3.63, 3.8) is 0 Å². The first-order chi connectivity index (χ1) is 12.0. The van der Waals surface area contributed by atoms with Gasteiger partial charge in [-0.25, -0.2) is 8.42 Å². The molecule has 2 heterocycles. The van der Waals surface area contributed by atoms with Gasteiger partial charge in [0.15, 0.2) is 11.5 Å². The maximum Gasteiger partial charge on any atom is 0.243 e. The Labute approximate surface area is 146 Å². The van der Waals surface area contributed by atoms with E-state index in [1.165, 1.54) is 30.7 Å². The maximum absolute atomic E-state index is 12.8. The summed E-state index contributed by atoms with van der Waals surface area (Å²) in [5, 5.41) is 7.60. The number of aromatic nitrogens is 2. The lowest BCUT2D eigenvalue weighted by Gasteiger charge is -2.18. The number of ether oxygens (including phenoxy) is 3. The van der Waals surface area contributed by atoms with Crippen molar-refractivity contribution in [1.29, 1.82) is 0 Å². The van der Waals surface area contributed by atoms with Crippen LogP contribution in [0.1, 0.15) is 6.42 Å². The number of hydrogen-bond acceptors (Lipinski definition) is 7. The molecule has 1 saturated heterocycles. The zero-order valence-corrected chi connectivity index (χ0v) is 14.8. The van der Waals surface area contributed by atoms with Gasteiger partial charge in [0, 0.05) is 24.9 Å². The van der Waals surface area contributed by atoms with E-state index in [1.54, 1.807) is 24.4 Å². The number of rotatable bonds is 6. The van der Waals surface area contributed by atoms with Crippen molar-refractivity contribution in [2.24, 2.45) is 0 Å². The monoisotopic (exact) mass is 365 g/mol. The number of nitrogens with zero attached hydrogens (tertiary/aromatic N) is 3. The molecule has 0 bridgehead atoms. The van der Waals surface area contributed by atoms with E-state index in [2.05, 4.69) is 10.2 Å². The van der Waals surface area contributed by atoms with Crippen LogP contribution in [0.4, 0.5) is 0 Å². The molecule has 0 aliphatic carbocycles. The first-order valence-electron chi connectivity index (χ1n) is 7.71. The second kappa shape index (κ2) is 7.24. The Morgan fingerprint density at radius 2 is 1.96 bits per heavy atom. The lowest BCUT2D eigenvalue weighted by molar-refractivity contribution is 0.204. The molecule has 9 heteroatoms. The summed E-state index contributed by atoms with van der Waals surface area (Å²) in [6, 6.07) is 7.96. The van der Waals surface area contributed by atoms with E-state index in [-0.39, 0.29) is 17.5 Å². The molecule has 8 nitrogen and oxygen atoms in total. The highest BCUT2D eigenvalue weighted by molar-refractivity contribution is 7.89. The Morgan fingerprint density at radius 3 is 2.64 bits per heavy atom. The quantitative estimate of drug-likeness (QED) is 0.763. The molecule has 1 fully saturated rings. The van der Waals surface area contributed by atoms with Crippen molar-refractivity contribution in [3.05, 3.63) is 36.5 Å². The van der Waals surface area contributed by atoms with Crippen LogP contribution in [-0.4, -0.2) is 56.3 Å². The Kier molecular flexibility index (Phi) is 5.05. The van der Waals surface area contributed by atoms with Gasteiger partial charge in [-0.05, 0) is 24.6 Å². The lowest BCUT2D eigenvalue weighted by atomic mass is 10.3. The number of methoxy groups -OCH3 is 2. The van der Waals surface area contributed by atoms with E-state index >= 15 is 0 Å². The summed E-state index contributed by atoms with van der Waals surface area (Å²) in [6.07, 6.45) is 1.88. The van der Waals surface area contributed by atoms with Crippen LogP contribution in [0.3, 0.4) is 0 Å². The van der Waals surface area contributed by atoms with Crippen LogP contribution in [-0.2, 0) is 10.0 Å². The van der Waals surface area contributed by atoms with Gasteiger partial charge in [0.2, 0.25) is 15.9 Å². The molecule has 0 saturated carbocycles. The molecule has 2 aromatic rings. The highest BCUT2D eigenvalue weighted by atomic mass is 32.2. The van der Waals surface area contributed by atoms with E-state index < -0.39 is 10.0 Å². The molecule has 3 rings (SSSR count). The Morgan fingerprint density at radius 1 is 1.16 bits per heavy atom. The van der Waals surface area contributed by atoms with Crippen molar-refractivity contribution in [3.8, 4) is 17.4 Å². The molecule has 1 unspecified atom stereocenters. The Bertz CT molecular complexity index is 829. The summed E-state index contributed by atoms with van der Waals surface area (Å²) in [6.45, 7) is 0.634. The molecular formula is C16H19N3O5S. The van der Waals surface area contributed by atoms with Gasteiger partial charge in [0.05, 0.1) is 25.7 Å². The predicted octanol–water partition coefficient (Wildman–Crippen LogP) is 1.34. The molecule has 1 aromatic heterocycles. The SMILES string of the molecule is COc1ccc(S(=O)(=O)N2CCC(Oc3cccnn3)C2)cc1OC. The van der Waals surface area contributed by atoms with Gasteiger partial charge in [-0.2, -0.15) is 9.40 Å². The summed E-state index contributed by atoms with van der Waals surface area (Å²) in [5.74, 6) is 1.24. The van der Waals surface area contributed by atoms with Gasteiger partial charge in [0.1, 0.15) is 6.10 Å². The summed E-state index contributed by atoms with van der Waals surface area (Å²) >= 11 is 0. The van der Waals surface area contributed by atoms with E-state index in [0.717, 1.165) is 0 Å². The smallest absolute Gasteiger partial charge is 0.243 e. The van der Waals surface area contributed by atoms with Gasteiger partial charge in [-0.15, -0.1) is 5.10 Å². The molecule has 1 aliphatic rings. The van der Waals surface area contributed by atoms with Crippen molar-refractivity contribution in [2.45, 2.75) is 17.4 Å². The first-order valence-corrected chi connectivity index (χ1v) is 9.15. The number of sulfonamides is 1. The largest absolute Gasteiger partial charge is 0.493 e. The number of hydrogen-bond donors (Lipinski definition) is 0. The van der Waals surface area contributed by atoms with Crippen LogP contribution in [0, 0.1) is 0 Å². The minimum Gasteiger partial charge on any atom is -0.493 e. The van der Waals surface area contributed by atoms with Crippen molar-refractivity contribution < 1.29 is 22.6 Å². The third-order valence-corrected chi connectivity index (χ3v) is 5.80. The normalized spacial score (nSPS) is 18.1. The summed E-state index contributed by atoms with van der Waals surface area (Å²) < 4.78 is 43.1. The van der Waals surface area contributed by atoms with Gasteiger partial charge in [-0.1, -0.05) is 0 Å². The van der Waals surface area contributed by atoms with Crippen molar-refractivity contribution in [1.82, 2.24) is 14.5 Å². The zero-order valence-electron chi connectivity index (χ0n) is 14.0. The predicted molar refractivity (Wildman–Crippen MR) is 89.4 cm³/mol. The minimum absolute atomic E-state index is 0.158. The fourth-order valence-corrected chi connectivity index (χ4v) is 4.16. The summed E-state index contributed by atoms with van der Waals surface area (Å²) in [5.41, 5.74) is 0. The third-order valence-electron chi connectivity index (χ3n) is 3.94. The van der Waals surface area contributed by atoms with Gasteiger partial charge in [-0.3, -0.25) is 0 Å². The molecule has 1 aliphatic heterocycles. The second-order valence-electron chi connectivity index (χ2n) is 5.47. The molecule has 25 heavy (non-hydrogen) atoms. The zero-order chi connectivity index (χ0) is 17.9. The topological polar surface area (TPSA) is 90.9 Å². The van der Waals surface area contributed by atoms with E-state index in [9.17, 15) is 8.42 Å². The van der Waals surface area contributed by atoms with E-state index in [0.29, 0.717) is 30.3 Å². The highest BCUT2D eigenvalue weighted by Crippen LogP contribution is 2.31. The van der Waals surface area contributed by atoms with Crippen LogP contribution in [0.15, 0.2) is 41.4 Å². The molecule has 0 radical (unpaired) electrons. The number of benzene rings is 1. The van der Waals surface area contributed by atoms with E-state index in [1.807, 2.05) is 0 Å². The van der Waals surface area contributed by atoms with Crippen LogP contribution in [0.25, 0.3) is 0 Å². The average molecular weight is 365 g/mol. The third kappa shape index (κ3) is 3.67. The van der Waals surface area contributed by atoms with Crippen LogP contribution in [0.5, 0.6) is 17.4 Å². The fraction of sp³-hybridized carbons (Fsp3) is 0.375. The van der Waals surface area contributed by atoms with Crippen LogP contribution >= 0.6 is 0 Å².